The number of hydrogen-bond donors (Lipinski definition) is 2. The molecular formula is C19H28N2. The Hall–Kier alpha value is -1.28. The molecule has 114 valence electrons. The molecule has 1 aromatic heterocycles. The van der Waals surface area contributed by atoms with Crippen LogP contribution in [0.15, 0.2) is 24.3 Å². The van der Waals surface area contributed by atoms with Gasteiger partial charge < -0.3 is 10.3 Å². The lowest BCUT2D eigenvalue weighted by atomic mass is 9.91. The zero-order chi connectivity index (χ0) is 14.7. The van der Waals surface area contributed by atoms with Crippen LogP contribution < -0.4 is 5.32 Å². The summed E-state index contributed by atoms with van der Waals surface area (Å²) >= 11 is 0. The molecule has 0 spiro atoms. The monoisotopic (exact) mass is 284 g/mol. The lowest BCUT2D eigenvalue weighted by Crippen LogP contribution is -2.32. The molecule has 2 heteroatoms. The van der Waals surface area contributed by atoms with Crippen LogP contribution in [0, 0.1) is 0 Å². The van der Waals surface area contributed by atoms with Crippen LogP contribution in [0.3, 0.4) is 0 Å². The van der Waals surface area contributed by atoms with Crippen LogP contribution in [0.5, 0.6) is 0 Å². The van der Waals surface area contributed by atoms with Crippen molar-refractivity contribution >= 4 is 10.9 Å². The number of unbranched alkanes of at least 4 members (excludes halogenated alkanes) is 2. The maximum atomic E-state index is 3.86. The van der Waals surface area contributed by atoms with Gasteiger partial charge in [0.2, 0.25) is 0 Å². The van der Waals surface area contributed by atoms with E-state index in [4.69, 9.17) is 0 Å². The molecule has 0 radical (unpaired) electrons. The van der Waals surface area contributed by atoms with Crippen molar-refractivity contribution in [3.8, 4) is 0 Å². The fraction of sp³-hybridized carbons (Fsp3) is 0.579. The summed E-state index contributed by atoms with van der Waals surface area (Å²) in [5.74, 6) is 0. The number of aryl methyl sites for hydroxylation is 1. The summed E-state index contributed by atoms with van der Waals surface area (Å²) < 4.78 is 0. The van der Waals surface area contributed by atoms with Crippen molar-refractivity contribution in [2.24, 2.45) is 0 Å². The van der Waals surface area contributed by atoms with Gasteiger partial charge in [0.15, 0.2) is 0 Å². The molecule has 1 aliphatic carbocycles. The Labute approximate surface area is 128 Å². The minimum atomic E-state index is 0.512. The molecule has 2 unspecified atom stereocenters. The van der Waals surface area contributed by atoms with Crippen LogP contribution in [0.1, 0.15) is 69.7 Å². The molecule has 1 heterocycles. The normalized spacial score (nSPS) is 19.6. The van der Waals surface area contributed by atoms with E-state index in [9.17, 15) is 0 Å². The molecule has 2 nitrogen and oxygen atoms in total. The number of aromatic amines is 1. The Balaban J connectivity index is 1.74. The van der Waals surface area contributed by atoms with Crippen molar-refractivity contribution in [2.45, 2.75) is 70.9 Å². The molecule has 2 atom stereocenters. The van der Waals surface area contributed by atoms with E-state index in [0.29, 0.717) is 12.1 Å². The van der Waals surface area contributed by atoms with Gasteiger partial charge in [-0.25, -0.2) is 0 Å². The Kier molecular flexibility index (Phi) is 4.64. The lowest BCUT2D eigenvalue weighted by molar-refractivity contribution is 0.383. The van der Waals surface area contributed by atoms with Crippen molar-refractivity contribution in [1.82, 2.24) is 10.3 Å². The molecule has 0 bridgehead atoms. The highest BCUT2D eigenvalue weighted by atomic mass is 15.0. The zero-order valence-corrected chi connectivity index (χ0v) is 13.4. The molecule has 0 fully saturated rings. The fourth-order valence-electron chi connectivity index (χ4n) is 3.71. The average Bonchev–Trinajstić information content (AvgIpc) is 2.87. The first-order chi connectivity index (χ1) is 10.3. The van der Waals surface area contributed by atoms with Gasteiger partial charge in [0.05, 0.1) is 0 Å². The highest BCUT2D eigenvalue weighted by Gasteiger charge is 2.24. The van der Waals surface area contributed by atoms with Gasteiger partial charge in [-0.15, -0.1) is 0 Å². The van der Waals surface area contributed by atoms with Gasteiger partial charge in [-0.2, -0.15) is 0 Å². The van der Waals surface area contributed by atoms with Gasteiger partial charge in [-0.3, -0.25) is 0 Å². The van der Waals surface area contributed by atoms with Crippen molar-refractivity contribution in [1.29, 1.82) is 0 Å². The standard InChI is InChI=1S/C19H28N2/c1-3-4-5-9-14(2)20-18-13-8-11-16-15-10-6-7-12-17(15)21-19(16)18/h6-7,10,12,14,18,20-21H,3-5,8-9,11,13H2,1-2H3. The Bertz CT molecular complexity index is 584. The van der Waals surface area contributed by atoms with Crippen LogP contribution in [0.4, 0.5) is 0 Å². The second kappa shape index (κ2) is 6.65. The molecule has 0 aliphatic heterocycles. The van der Waals surface area contributed by atoms with Gasteiger partial charge in [-0.05, 0) is 44.2 Å². The first kappa shape index (κ1) is 14.6. The minimum absolute atomic E-state index is 0.512. The summed E-state index contributed by atoms with van der Waals surface area (Å²) in [5.41, 5.74) is 4.30. The largest absolute Gasteiger partial charge is 0.357 e. The van der Waals surface area contributed by atoms with E-state index >= 15 is 0 Å². The lowest BCUT2D eigenvalue weighted by Gasteiger charge is -2.27. The van der Waals surface area contributed by atoms with E-state index in [-0.39, 0.29) is 0 Å². The predicted molar refractivity (Wildman–Crippen MR) is 90.7 cm³/mol. The van der Waals surface area contributed by atoms with Crippen LogP contribution in [0.2, 0.25) is 0 Å². The summed E-state index contributed by atoms with van der Waals surface area (Å²) in [6.45, 7) is 4.61. The number of nitrogens with one attached hydrogen (secondary N) is 2. The van der Waals surface area contributed by atoms with Gasteiger partial charge in [0, 0.05) is 28.7 Å². The number of rotatable bonds is 6. The number of para-hydroxylation sites is 1. The Morgan fingerprint density at radius 2 is 2.14 bits per heavy atom. The van der Waals surface area contributed by atoms with E-state index < -0.39 is 0 Å². The maximum Gasteiger partial charge on any atom is 0.0478 e. The molecule has 21 heavy (non-hydrogen) atoms. The quantitative estimate of drug-likeness (QED) is 0.709. The molecule has 2 N–H and O–H groups in total. The molecule has 0 saturated heterocycles. The van der Waals surface area contributed by atoms with E-state index in [1.807, 2.05) is 0 Å². The summed E-state index contributed by atoms with van der Waals surface area (Å²) in [7, 11) is 0. The van der Waals surface area contributed by atoms with Crippen LogP contribution in [-0.4, -0.2) is 11.0 Å². The third-order valence-electron chi connectivity index (χ3n) is 4.84. The Morgan fingerprint density at radius 1 is 1.29 bits per heavy atom. The zero-order valence-electron chi connectivity index (χ0n) is 13.4. The SMILES string of the molecule is CCCCCC(C)NC1CCCc2c1[nH]c1ccccc21. The minimum Gasteiger partial charge on any atom is -0.357 e. The highest BCUT2D eigenvalue weighted by Crippen LogP contribution is 2.34. The second-order valence-electron chi connectivity index (χ2n) is 6.57. The fourth-order valence-corrected chi connectivity index (χ4v) is 3.71. The molecule has 2 aromatic rings. The number of fused-ring (bicyclic) bond motifs is 3. The molecule has 0 amide bonds. The second-order valence-corrected chi connectivity index (χ2v) is 6.57. The third-order valence-corrected chi connectivity index (χ3v) is 4.84. The Morgan fingerprint density at radius 3 is 3.00 bits per heavy atom. The van der Waals surface area contributed by atoms with Crippen molar-refractivity contribution in [2.75, 3.05) is 0 Å². The third kappa shape index (κ3) is 3.16. The van der Waals surface area contributed by atoms with E-state index in [1.54, 1.807) is 5.56 Å². The summed E-state index contributed by atoms with van der Waals surface area (Å²) in [5, 5.41) is 5.29. The van der Waals surface area contributed by atoms with E-state index in [1.165, 1.54) is 61.5 Å². The maximum absolute atomic E-state index is 3.86. The topological polar surface area (TPSA) is 27.8 Å². The van der Waals surface area contributed by atoms with Gasteiger partial charge in [-0.1, -0.05) is 44.4 Å². The number of hydrogen-bond acceptors (Lipinski definition) is 1. The highest BCUT2D eigenvalue weighted by molar-refractivity contribution is 5.85. The molecule has 3 rings (SSSR count). The van der Waals surface area contributed by atoms with E-state index in [0.717, 1.165) is 0 Å². The summed E-state index contributed by atoms with van der Waals surface area (Å²) in [4.78, 5) is 3.68. The summed E-state index contributed by atoms with van der Waals surface area (Å²) in [6.07, 6.45) is 9.08. The average molecular weight is 284 g/mol. The van der Waals surface area contributed by atoms with Crippen molar-refractivity contribution < 1.29 is 0 Å². The first-order valence-corrected chi connectivity index (χ1v) is 8.65. The van der Waals surface area contributed by atoms with Crippen LogP contribution >= 0.6 is 0 Å². The molecular weight excluding hydrogens is 256 g/mol. The predicted octanol–water partition coefficient (Wildman–Crippen LogP) is 5.10. The molecule has 1 aliphatic rings. The number of benzene rings is 1. The van der Waals surface area contributed by atoms with Gasteiger partial charge in [0.25, 0.3) is 0 Å². The van der Waals surface area contributed by atoms with Crippen LogP contribution in [0.25, 0.3) is 10.9 Å². The molecule has 1 aromatic carbocycles. The number of H-pyrrole nitrogens is 1. The number of aromatic nitrogens is 1. The smallest absolute Gasteiger partial charge is 0.0478 e. The van der Waals surface area contributed by atoms with E-state index in [2.05, 4.69) is 48.4 Å². The van der Waals surface area contributed by atoms with Gasteiger partial charge >= 0.3 is 0 Å². The van der Waals surface area contributed by atoms with Gasteiger partial charge in [0.1, 0.15) is 0 Å². The van der Waals surface area contributed by atoms with Crippen LogP contribution in [-0.2, 0) is 6.42 Å². The first-order valence-electron chi connectivity index (χ1n) is 8.65. The summed E-state index contributed by atoms with van der Waals surface area (Å²) in [6, 6.07) is 9.87. The van der Waals surface area contributed by atoms with Crippen molar-refractivity contribution in [3.05, 3.63) is 35.5 Å². The molecule has 0 saturated carbocycles. The van der Waals surface area contributed by atoms with Crippen molar-refractivity contribution in [3.63, 3.8) is 0 Å².